The van der Waals surface area contributed by atoms with Crippen molar-refractivity contribution in [3.63, 3.8) is 0 Å². The number of methoxy groups -OCH3 is 1. The molecule has 4 rings (SSSR count). The highest BCUT2D eigenvalue weighted by Crippen LogP contribution is 2.40. The van der Waals surface area contributed by atoms with Crippen LogP contribution in [0.3, 0.4) is 0 Å². The summed E-state index contributed by atoms with van der Waals surface area (Å²) in [5.74, 6) is 0.158. The van der Waals surface area contributed by atoms with E-state index >= 15 is 0 Å². The number of fused-ring (bicyclic) bond motifs is 1. The van der Waals surface area contributed by atoms with E-state index in [-0.39, 0.29) is 11.3 Å². The van der Waals surface area contributed by atoms with Crippen molar-refractivity contribution < 1.29 is 18.3 Å². The molecule has 0 spiro atoms. The van der Waals surface area contributed by atoms with Gasteiger partial charge in [0.25, 0.3) is 5.91 Å². The number of nitrogens with one attached hydrogen (secondary N) is 2. The molecular weight excluding hydrogens is 351 g/mol. The first-order valence-corrected chi connectivity index (χ1v) is 8.57. The summed E-state index contributed by atoms with van der Waals surface area (Å²) in [5, 5.41) is 6.67. The molecule has 2 aromatic heterocycles. The number of amides is 1. The summed E-state index contributed by atoms with van der Waals surface area (Å²) in [4.78, 5) is 21.4. The third-order valence-corrected chi connectivity index (χ3v) is 4.72. The number of benzene rings is 1. The first-order chi connectivity index (χ1) is 12.9. The highest BCUT2D eigenvalue weighted by molar-refractivity contribution is 6.15. The van der Waals surface area contributed by atoms with Crippen LogP contribution in [0.15, 0.2) is 28.9 Å². The molecule has 0 bridgehead atoms. The second kappa shape index (κ2) is 6.22. The number of hydrogen-bond donors (Lipinski definition) is 2. The van der Waals surface area contributed by atoms with Gasteiger partial charge in [-0.2, -0.15) is 0 Å². The first kappa shape index (κ1) is 17.3. The maximum Gasteiger partial charge on any atom is 0.260 e. The van der Waals surface area contributed by atoms with Gasteiger partial charge >= 0.3 is 0 Å². The molecule has 0 atom stereocenters. The number of carbonyl (C=O) groups excluding carboxylic acids is 1. The van der Waals surface area contributed by atoms with E-state index in [2.05, 4.69) is 27.5 Å². The van der Waals surface area contributed by atoms with Crippen molar-refractivity contribution >= 4 is 28.5 Å². The maximum absolute atomic E-state index is 13.6. The monoisotopic (exact) mass is 370 g/mol. The van der Waals surface area contributed by atoms with Crippen LogP contribution in [0, 0.1) is 12.7 Å². The standard InChI is InChI=1S/C19H19FN4O3/c1-10-14(17(25)23-11-4-5-12(20)13(8-11)26-3)15-16(24-19(2)6-7-19)21-9-22-18(15)27-10/h4-5,8-9H,6-7H2,1-3H3,(H,23,25)(H,21,22,24). The van der Waals surface area contributed by atoms with Crippen molar-refractivity contribution in [2.75, 3.05) is 17.7 Å². The Morgan fingerprint density at radius 3 is 2.81 bits per heavy atom. The lowest BCUT2D eigenvalue weighted by Gasteiger charge is -2.13. The van der Waals surface area contributed by atoms with E-state index in [0.717, 1.165) is 12.8 Å². The van der Waals surface area contributed by atoms with E-state index in [1.165, 1.54) is 31.6 Å². The number of anilines is 2. The molecule has 0 radical (unpaired) electrons. The minimum absolute atomic E-state index is 0.0233. The first-order valence-electron chi connectivity index (χ1n) is 8.57. The SMILES string of the molecule is COc1cc(NC(=O)c2c(C)oc3ncnc(NC4(C)CC4)c23)ccc1F. The number of aromatic nitrogens is 2. The van der Waals surface area contributed by atoms with Gasteiger partial charge in [-0.15, -0.1) is 0 Å². The summed E-state index contributed by atoms with van der Waals surface area (Å²) in [6.45, 7) is 3.79. The van der Waals surface area contributed by atoms with Gasteiger partial charge in [0.05, 0.1) is 18.1 Å². The van der Waals surface area contributed by atoms with Crippen LogP contribution < -0.4 is 15.4 Å². The molecule has 7 nitrogen and oxygen atoms in total. The fraction of sp³-hybridized carbons (Fsp3) is 0.316. The summed E-state index contributed by atoms with van der Waals surface area (Å²) in [6, 6.07) is 4.12. The molecule has 0 saturated heterocycles. The van der Waals surface area contributed by atoms with Crippen molar-refractivity contribution in [1.82, 2.24) is 9.97 Å². The highest BCUT2D eigenvalue weighted by Gasteiger charge is 2.38. The largest absolute Gasteiger partial charge is 0.494 e. The molecule has 1 aliphatic carbocycles. The molecule has 1 saturated carbocycles. The van der Waals surface area contributed by atoms with Crippen LogP contribution in [0.1, 0.15) is 35.9 Å². The van der Waals surface area contributed by atoms with E-state index in [9.17, 15) is 9.18 Å². The average molecular weight is 370 g/mol. The van der Waals surface area contributed by atoms with E-state index in [1.54, 1.807) is 6.92 Å². The quantitative estimate of drug-likeness (QED) is 0.708. The molecule has 140 valence electrons. The number of halogens is 1. The van der Waals surface area contributed by atoms with Gasteiger partial charge in [-0.25, -0.2) is 14.4 Å². The third kappa shape index (κ3) is 3.18. The van der Waals surface area contributed by atoms with Crippen LogP contribution in [0.5, 0.6) is 5.75 Å². The number of aryl methyl sites for hydroxylation is 1. The minimum Gasteiger partial charge on any atom is -0.494 e. The van der Waals surface area contributed by atoms with Crippen molar-refractivity contribution in [2.45, 2.75) is 32.2 Å². The number of carbonyl (C=O) groups is 1. The van der Waals surface area contributed by atoms with Gasteiger partial charge in [-0.05, 0) is 38.8 Å². The van der Waals surface area contributed by atoms with E-state index < -0.39 is 11.7 Å². The van der Waals surface area contributed by atoms with Crippen LogP contribution in [-0.2, 0) is 0 Å². The van der Waals surface area contributed by atoms with Gasteiger partial charge in [0.2, 0.25) is 5.71 Å². The van der Waals surface area contributed by atoms with Crippen LogP contribution in [0.2, 0.25) is 0 Å². The van der Waals surface area contributed by atoms with E-state index in [1.807, 2.05) is 0 Å². The Hall–Kier alpha value is -3.16. The molecule has 1 aliphatic rings. The topological polar surface area (TPSA) is 89.3 Å². The summed E-state index contributed by atoms with van der Waals surface area (Å²) >= 11 is 0. The zero-order valence-electron chi connectivity index (χ0n) is 15.2. The normalized spacial score (nSPS) is 14.8. The molecule has 0 unspecified atom stereocenters. The van der Waals surface area contributed by atoms with Gasteiger partial charge in [0.15, 0.2) is 11.6 Å². The Labute approximate surface area is 154 Å². The van der Waals surface area contributed by atoms with E-state index in [0.29, 0.717) is 33.9 Å². The number of hydrogen-bond acceptors (Lipinski definition) is 6. The molecule has 3 aromatic rings. The molecule has 1 aromatic carbocycles. The maximum atomic E-state index is 13.6. The molecule has 1 amide bonds. The van der Waals surface area contributed by atoms with Crippen LogP contribution >= 0.6 is 0 Å². The zero-order valence-corrected chi connectivity index (χ0v) is 15.2. The molecule has 2 heterocycles. The van der Waals surface area contributed by atoms with Gasteiger partial charge < -0.3 is 19.8 Å². The molecule has 8 heteroatoms. The summed E-state index contributed by atoms with van der Waals surface area (Å²) in [7, 11) is 1.37. The molecule has 27 heavy (non-hydrogen) atoms. The van der Waals surface area contributed by atoms with Crippen molar-refractivity contribution in [2.24, 2.45) is 0 Å². The Morgan fingerprint density at radius 2 is 2.11 bits per heavy atom. The molecule has 0 aliphatic heterocycles. The smallest absolute Gasteiger partial charge is 0.260 e. The second-order valence-electron chi connectivity index (χ2n) is 6.92. The van der Waals surface area contributed by atoms with Gasteiger partial charge in [0.1, 0.15) is 17.9 Å². The lowest BCUT2D eigenvalue weighted by molar-refractivity contribution is 0.102. The number of rotatable bonds is 5. The highest BCUT2D eigenvalue weighted by atomic mass is 19.1. The van der Waals surface area contributed by atoms with Crippen LogP contribution in [-0.4, -0.2) is 28.5 Å². The van der Waals surface area contributed by atoms with Crippen molar-refractivity contribution in [1.29, 1.82) is 0 Å². The lowest BCUT2D eigenvalue weighted by atomic mass is 10.1. The Kier molecular flexibility index (Phi) is 3.98. The Balaban J connectivity index is 1.72. The summed E-state index contributed by atoms with van der Waals surface area (Å²) in [6.07, 6.45) is 3.48. The number of nitrogens with zero attached hydrogens (tertiary/aromatic N) is 2. The van der Waals surface area contributed by atoms with Crippen molar-refractivity contribution in [3.8, 4) is 5.75 Å². The second-order valence-corrected chi connectivity index (χ2v) is 6.92. The summed E-state index contributed by atoms with van der Waals surface area (Å²) < 4.78 is 24.2. The van der Waals surface area contributed by atoms with Crippen molar-refractivity contribution in [3.05, 3.63) is 41.7 Å². The van der Waals surface area contributed by atoms with Gasteiger partial charge in [0, 0.05) is 17.3 Å². The van der Waals surface area contributed by atoms with Crippen LogP contribution in [0.4, 0.5) is 15.9 Å². The third-order valence-electron chi connectivity index (χ3n) is 4.72. The Bertz CT molecular complexity index is 1040. The van der Waals surface area contributed by atoms with Crippen LogP contribution in [0.25, 0.3) is 11.1 Å². The fourth-order valence-corrected chi connectivity index (χ4v) is 2.94. The van der Waals surface area contributed by atoms with E-state index in [4.69, 9.17) is 9.15 Å². The van der Waals surface area contributed by atoms with Gasteiger partial charge in [-0.3, -0.25) is 4.79 Å². The Morgan fingerprint density at radius 1 is 1.33 bits per heavy atom. The average Bonchev–Trinajstić information content (AvgIpc) is 3.24. The molecular formula is C19H19FN4O3. The summed E-state index contributed by atoms with van der Waals surface area (Å²) in [5.41, 5.74) is 1.08. The zero-order chi connectivity index (χ0) is 19.2. The van der Waals surface area contributed by atoms with Gasteiger partial charge in [-0.1, -0.05) is 0 Å². The fourth-order valence-electron chi connectivity index (χ4n) is 2.94. The predicted molar refractivity (Wildman–Crippen MR) is 98.7 cm³/mol. The minimum atomic E-state index is -0.502. The number of ether oxygens (including phenoxy) is 1. The lowest BCUT2D eigenvalue weighted by Crippen LogP contribution is -2.18. The molecule has 1 fully saturated rings. The number of furan rings is 1. The predicted octanol–water partition coefficient (Wildman–Crippen LogP) is 3.90. The molecule has 2 N–H and O–H groups in total.